The SMILES string of the molecule is C[C@@H]1CCCCO[C@@H](CN(C)S(=O)(=O)c2ccc(F)cc2)[C@@H](C)CN([C@@H](C)CO)C(=O)c2cc(NS(=O)(=O)c3ccccc3)ccc2O1. The predicted octanol–water partition coefficient (Wildman–Crippen LogP) is 4.74. The van der Waals surface area contributed by atoms with E-state index in [0.29, 0.717) is 19.4 Å². The number of fused-ring (bicyclic) bond motifs is 1. The van der Waals surface area contributed by atoms with Crippen LogP contribution in [0.5, 0.6) is 5.75 Å². The van der Waals surface area contributed by atoms with Crippen LogP contribution in [0.25, 0.3) is 0 Å². The summed E-state index contributed by atoms with van der Waals surface area (Å²) in [6.07, 6.45) is 1.10. The molecule has 14 heteroatoms. The third-order valence-electron chi connectivity index (χ3n) is 8.32. The topological polar surface area (TPSA) is 143 Å². The second-order valence-electron chi connectivity index (χ2n) is 12.2. The number of sulfonamides is 2. The van der Waals surface area contributed by atoms with Crippen molar-refractivity contribution in [2.45, 2.75) is 68.1 Å². The minimum absolute atomic E-state index is 0.0437. The molecule has 0 saturated carbocycles. The Morgan fingerprint density at radius 1 is 1.00 bits per heavy atom. The zero-order valence-corrected chi connectivity index (χ0v) is 29.2. The normalized spacial score (nSPS) is 20.8. The van der Waals surface area contributed by atoms with E-state index in [4.69, 9.17) is 9.47 Å². The van der Waals surface area contributed by atoms with Crippen molar-refractivity contribution in [1.29, 1.82) is 0 Å². The molecule has 1 aliphatic heterocycles. The van der Waals surface area contributed by atoms with Gasteiger partial charge in [-0.15, -0.1) is 0 Å². The van der Waals surface area contributed by atoms with E-state index >= 15 is 0 Å². The second kappa shape index (κ2) is 16.2. The molecule has 11 nitrogen and oxygen atoms in total. The molecule has 0 saturated heterocycles. The fourth-order valence-electron chi connectivity index (χ4n) is 5.40. The van der Waals surface area contributed by atoms with Crippen molar-refractivity contribution in [1.82, 2.24) is 9.21 Å². The lowest BCUT2D eigenvalue weighted by Gasteiger charge is -2.35. The number of nitrogens with one attached hydrogen (secondary N) is 1. The van der Waals surface area contributed by atoms with Gasteiger partial charge in [-0.3, -0.25) is 9.52 Å². The van der Waals surface area contributed by atoms with Gasteiger partial charge in [-0.2, -0.15) is 4.31 Å². The molecule has 2 N–H and O–H groups in total. The van der Waals surface area contributed by atoms with Gasteiger partial charge in [0.15, 0.2) is 0 Å². The number of carbonyl (C=O) groups excluding carboxylic acids is 1. The number of rotatable bonds is 9. The van der Waals surface area contributed by atoms with E-state index in [9.17, 15) is 31.1 Å². The largest absolute Gasteiger partial charge is 0.490 e. The first-order valence-corrected chi connectivity index (χ1v) is 18.8. The molecule has 0 aromatic heterocycles. The lowest BCUT2D eigenvalue weighted by molar-refractivity contribution is -0.00834. The first-order valence-electron chi connectivity index (χ1n) is 15.9. The molecule has 0 radical (unpaired) electrons. The van der Waals surface area contributed by atoms with Crippen LogP contribution in [0.1, 0.15) is 50.4 Å². The number of nitrogens with zero attached hydrogens (tertiary/aromatic N) is 2. The highest BCUT2D eigenvalue weighted by Crippen LogP contribution is 2.30. The summed E-state index contributed by atoms with van der Waals surface area (Å²) < 4.78 is 82.5. The summed E-state index contributed by atoms with van der Waals surface area (Å²) in [6.45, 7) is 5.40. The molecule has 262 valence electrons. The zero-order valence-electron chi connectivity index (χ0n) is 27.6. The van der Waals surface area contributed by atoms with Crippen molar-refractivity contribution in [3.05, 3.63) is 84.2 Å². The summed E-state index contributed by atoms with van der Waals surface area (Å²) >= 11 is 0. The summed E-state index contributed by atoms with van der Waals surface area (Å²) in [7, 11) is -6.51. The number of aliphatic hydroxyl groups is 1. The van der Waals surface area contributed by atoms with E-state index in [2.05, 4.69) is 4.72 Å². The van der Waals surface area contributed by atoms with Crippen LogP contribution in [0.15, 0.2) is 82.6 Å². The summed E-state index contributed by atoms with van der Waals surface area (Å²) in [6, 6.07) is 16.3. The molecule has 0 aliphatic carbocycles. The number of ether oxygens (including phenoxy) is 2. The lowest BCUT2D eigenvalue weighted by Crippen LogP contribution is -2.48. The quantitative estimate of drug-likeness (QED) is 0.325. The van der Waals surface area contributed by atoms with Crippen LogP contribution in [-0.2, 0) is 24.8 Å². The maximum absolute atomic E-state index is 14.3. The number of halogens is 1. The highest BCUT2D eigenvalue weighted by Gasteiger charge is 2.32. The third kappa shape index (κ3) is 9.32. The molecule has 1 heterocycles. The Balaban J connectivity index is 1.67. The summed E-state index contributed by atoms with van der Waals surface area (Å²) in [5.74, 6) is -1.20. The van der Waals surface area contributed by atoms with Gasteiger partial charge in [-0.25, -0.2) is 21.2 Å². The van der Waals surface area contributed by atoms with Crippen molar-refractivity contribution in [3.63, 3.8) is 0 Å². The van der Waals surface area contributed by atoms with Crippen molar-refractivity contribution in [2.75, 3.05) is 38.1 Å². The number of hydrogen-bond donors (Lipinski definition) is 2. The molecule has 4 rings (SSSR count). The molecular weight excluding hydrogens is 662 g/mol. The number of likely N-dealkylation sites (N-methyl/N-ethyl adjacent to an activating group) is 1. The standard InChI is InChI=1S/C34H44FN3O8S2/c1-24-21-38(25(2)23-39)34(40)31-20-28(36-47(41,42)29-11-6-5-7-12-29)15-18-32(31)46-26(3)10-8-9-19-45-33(24)22-37(4)48(43,44)30-16-13-27(35)14-17-30/h5-7,11-18,20,24-26,33,36,39H,8-10,19,21-23H2,1-4H3/t24-,25-,26+,33-/m0/s1. The van der Waals surface area contributed by atoms with Crippen LogP contribution < -0.4 is 9.46 Å². The Labute approximate surface area is 282 Å². The fourth-order valence-corrected chi connectivity index (χ4v) is 7.65. The molecule has 0 spiro atoms. The van der Waals surface area contributed by atoms with Crippen molar-refractivity contribution in [2.24, 2.45) is 5.92 Å². The Morgan fingerprint density at radius 3 is 2.35 bits per heavy atom. The van der Waals surface area contributed by atoms with Gasteiger partial charge in [0, 0.05) is 38.3 Å². The predicted molar refractivity (Wildman–Crippen MR) is 180 cm³/mol. The molecular formula is C34H44FN3O8S2. The molecule has 3 aromatic carbocycles. The van der Waals surface area contributed by atoms with Crippen molar-refractivity contribution in [3.8, 4) is 5.75 Å². The number of benzene rings is 3. The van der Waals surface area contributed by atoms with Crippen LogP contribution in [0.4, 0.5) is 10.1 Å². The first-order chi connectivity index (χ1) is 22.7. The van der Waals surface area contributed by atoms with Crippen LogP contribution in [-0.4, -0.2) is 88.7 Å². The maximum Gasteiger partial charge on any atom is 0.261 e. The van der Waals surface area contributed by atoms with Gasteiger partial charge in [0.05, 0.1) is 40.2 Å². The average Bonchev–Trinajstić information content (AvgIpc) is 3.06. The van der Waals surface area contributed by atoms with Crippen LogP contribution in [0.2, 0.25) is 0 Å². The molecule has 48 heavy (non-hydrogen) atoms. The monoisotopic (exact) mass is 705 g/mol. The lowest BCUT2D eigenvalue weighted by atomic mass is 10.0. The molecule has 0 bridgehead atoms. The van der Waals surface area contributed by atoms with E-state index in [-0.39, 0.29) is 52.6 Å². The minimum atomic E-state index is -3.98. The van der Waals surface area contributed by atoms with E-state index in [0.717, 1.165) is 22.9 Å². The molecule has 4 atom stereocenters. The number of aliphatic hydroxyl groups excluding tert-OH is 1. The smallest absolute Gasteiger partial charge is 0.261 e. The van der Waals surface area contributed by atoms with Gasteiger partial charge in [-0.05, 0) is 87.7 Å². The molecule has 1 amide bonds. The van der Waals surface area contributed by atoms with E-state index in [1.165, 1.54) is 48.3 Å². The van der Waals surface area contributed by atoms with E-state index in [1.54, 1.807) is 31.2 Å². The average molecular weight is 706 g/mol. The van der Waals surface area contributed by atoms with Crippen molar-refractivity contribution < 1.29 is 40.6 Å². The third-order valence-corrected chi connectivity index (χ3v) is 11.6. The van der Waals surface area contributed by atoms with Crippen LogP contribution in [0.3, 0.4) is 0 Å². The highest BCUT2D eigenvalue weighted by atomic mass is 32.2. The fraction of sp³-hybridized carbons (Fsp3) is 0.441. The van der Waals surface area contributed by atoms with Crippen LogP contribution in [0, 0.1) is 11.7 Å². The zero-order chi connectivity index (χ0) is 35.1. The summed E-state index contributed by atoms with van der Waals surface area (Å²) in [4.78, 5) is 15.8. The molecule has 0 unspecified atom stereocenters. The second-order valence-corrected chi connectivity index (χ2v) is 15.9. The van der Waals surface area contributed by atoms with Gasteiger partial charge in [-0.1, -0.05) is 25.1 Å². The van der Waals surface area contributed by atoms with Gasteiger partial charge in [0.1, 0.15) is 11.6 Å². The Kier molecular flexibility index (Phi) is 12.6. The highest BCUT2D eigenvalue weighted by molar-refractivity contribution is 7.92. The number of carbonyl (C=O) groups is 1. The Hall–Kier alpha value is -3.56. The molecule has 0 fully saturated rings. The molecule has 3 aromatic rings. The molecule has 1 aliphatic rings. The minimum Gasteiger partial charge on any atom is -0.490 e. The van der Waals surface area contributed by atoms with Gasteiger partial charge < -0.3 is 19.5 Å². The summed E-state index contributed by atoms with van der Waals surface area (Å²) in [5.41, 5.74) is 0.259. The number of hydrogen-bond acceptors (Lipinski definition) is 8. The Bertz CT molecular complexity index is 1740. The number of anilines is 1. The van der Waals surface area contributed by atoms with Gasteiger partial charge >= 0.3 is 0 Å². The van der Waals surface area contributed by atoms with Gasteiger partial charge in [0.2, 0.25) is 10.0 Å². The van der Waals surface area contributed by atoms with Crippen LogP contribution >= 0.6 is 0 Å². The summed E-state index contributed by atoms with van der Waals surface area (Å²) in [5, 5.41) is 10.2. The maximum atomic E-state index is 14.3. The van der Waals surface area contributed by atoms with E-state index < -0.39 is 49.8 Å². The van der Waals surface area contributed by atoms with Gasteiger partial charge in [0.25, 0.3) is 15.9 Å². The number of amides is 1. The first kappa shape index (κ1) is 37.3. The Morgan fingerprint density at radius 2 is 1.69 bits per heavy atom. The van der Waals surface area contributed by atoms with Crippen molar-refractivity contribution >= 4 is 31.6 Å². The van der Waals surface area contributed by atoms with E-state index in [1.807, 2.05) is 13.8 Å².